The molecule has 2 amide bonds. The third-order valence-electron chi connectivity index (χ3n) is 6.08. The van der Waals surface area contributed by atoms with E-state index in [2.05, 4.69) is 10.6 Å². The lowest BCUT2D eigenvalue weighted by Gasteiger charge is -2.31. The van der Waals surface area contributed by atoms with Crippen LogP contribution < -0.4 is 10.6 Å². The second-order valence-corrected chi connectivity index (χ2v) is 9.61. The number of hydrogen-bond acceptors (Lipinski definition) is 4. The van der Waals surface area contributed by atoms with E-state index in [9.17, 15) is 28.3 Å². The monoisotopic (exact) mass is 466 g/mol. The third-order valence-corrected chi connectivity index (χ3v) is 6.08. The van der Waals surface area contributed by atoms with Gasteiger partial charge < -0.3 is 15.7 Å². The zero-order valence-electron chi connectivity index (χ0n) is 19.7. The van der Waals surface area contributed by atoms with E-state index < -0.39 is 47.4 Å². The molecule has 8 heteroatoms. The van der Waals surface area contributed by atoms with E-state index in [1.54, 1.807) is 0 Å². The van der Waals surface area contributed by atoms with Crippen molar-refractivity contribution in [2.45, 2.75) is 90.3 Å². The van der Waals surface area contributed by atoms with Crippen LogP contribution in [0.1, 0.15) is 71.3 Å². The van der Waals surface area contributed by atoms with Gasteiger partial charge in [0.25, 0.3) is 0 Å². The molecule has 0 bridgehead atoms. The first kappa shape index (κ1) is 26.9. The number of rotatable bonds is 11. The van der Waals surface area contributed by atoms with Gasteiger partial charge >= 0.3 is 0 Å². The van der Waals surface area contributed by atoms with Crippen LogP contribution >= 0.6 is 0 Å². The number of aliphatic hydroxyl groups excluding tert-OH is 1. The lowest BCUT2D eigenvalue weighted by atomic mass is 9.83. The van der Waals surface area contributed by atoms with E-state index in [0.29, 0.717) is 18.8 Å². The molecule has 3 N–H and O–H groups in total. The van der Waals surface area contributed by atoms with Crippen LogP contribution in [0.4, 0.5) is 8.78 Å². The molecule has 6 nitrogen and oxygen atoms in total. The fourth-order valence-electron chi connectivity index (χ4n) is 4.46. The molecule has 184 valence electrons. The molecule has 2 rings (SSSR count). The van der Waals surface area contributed by atoms with E-state index in [-0.39, 0.29) is 17.9 Å². The number of carbonyl (C=O) groups excluding carboxylic acids is 3. The minimum Gasteiger partial charge on any atom is -0.383 e. The van der Waals surface area contributed by atoms with Crippen molar-refractivity contribution in [1.82, 2.24) is 10.6 Å². The molecular formula is C25H36F2N2O4. The smallest absolute Gasteiger partial charge is 0.242 e. The van der Waals surface area contributed by atoms with Crippen LogP contribution in [0.2, 0.25) is 0 Å². The molecule has 1 saturated carbocycles. The SMILES string of the molecule is CC(=O)[C@H](O)[C@H](CC1CCCCC1)NC(=O)[C@H](CC(C)C)NC(=O)Cc1cc(F)cc(F)c1. The highest BCUT2D eigenvalue weighted by Gasteiger charge is 2.31. The van der Waals surface area contributed by atoms with Gasteiger partial charge in [-0.3, -0.25) is 14.4 Å². The fraction of sp³-hybridized carbons (Fsp3) is 0.640. The number of ketones is 1. The summed E-state index contributed by atoms with van der Waals surface area (Å²) in [4.78, 5) is 37.5. The van der Waals surface area contributed by atoms with Crippen molar-refractivity contribution in [1.29, 1.82) is 0 Å². The minimum atomic E-state index is -1.32. The largest absolute Gasteiger partial charge is 0.383 e. The summed E-state index contributed by atoms with van der Waals surface area (Å²) in [5, 5.41) is 15.9. The third kappa shape index (κ3) is 9.20. The van der Waals surface area contributed by atoms with Crippen LogP contribution in [-0.4, -0.2) is 40.9 Å². The first-order valence-electron chi connectivity index (χ1n) is 11.8. The van der Waals surface area contributed by atoms with Crippen LogP contribution in [0, 0.1) is 23.5 Å². The highest BCUT2D eigenvalue weighted by molar-refractivity contribution is 5.89. The summed E-state index contributed by atoms with van der Waals surface area (Å²) in [5.41, 5.74) is 0.163. The topological polar surface area (TPSA) is 95.5 Å². The Hall–Kier alpha value is -2.35. The van der Waals surface area contributed by atoms with Crippen molar-refractivity contribution in [2.75, 3.05) is 0 Å². The predicted molar refractivity (Wildman–Crippen MR) is 121 cm³/mol. The van der Waals surface area contributed by atoms with Crippen molar-refractivity contribution < 1.29 is 28.3 Å². The van der Waals surface area contributed by atoms with Crippen molar-refractivity contribution >= 4 is 17.6 Å². The zero-order valence-corrected chi connectivity index (χ0v) is 19.7. The molecule has 0 aromatic heterocycles. The van der Waals surface area contributed by atoms with Gasteiger partial charge in [0.2, 0.25) is 11.8 Å². The summed E-state index contributed by atoms with van der Waals surface area (Å²) < 4.78 is 26.9. The molecule has 1 aromatic carbocycles. The molecule has 1 fully saturated rings. The summed E-state index contributed by atoms with van der Waals surface area (Å²) >= 11 is 0. The lowest BCUT2D eigenvalue weighted by molar-refractivity contribution is -0.132. The average Bonchev–Trinajstić information content (AvgIpc) is 2.71. The van der Waals surface area contributed by atoms with Crippen LogP contribution in [0.3, 0.4) is 0 Å². The number of hydrogen-bond donors (Lipinski definition) is 3. The Morgan fingerprint density at radius 1 is 1.03 bits per heavy atom. The molecule has 3 atom stereocenters. The van der Waals surface area contributed by atoms with Crippen LogP contribution in [-0.2, 0) is 20.8 Å². The Bertz CT molecular complexity index is 804. The van der Waals surface area contributed by atoms with E-state index >= 15 is 0 Å². The van der Waals surface area contributed by atoms with Crippen LogP contribution in [0.25, 0.3) is 0 Å². The Morgan fingerprint density at radius 2 is 1.64 bits per heavy atom. The van der Waals surface area contributed by atoms with Crippen molar-refractivity contribution in [3.8, 4) is 0 Å². The summed E-state index contributed by atoms with van der Waals surface area (Å²) in [6.07, 6.45) is 4.57. The van der Waals surface area contributed by atoms with Crippen LogP contribution in [0.15, 0.2) is 18.2 Å². The van der Waals surface area contributed by atoms with Crippen molar-refractivity contribution in [3.05, 3.63) is 35.4 Å². The highest BCUT2D eigenvalue weighted by atomic mass is 19.1. The average molecular weight is 467 g/mol. The Kier molecular flexibility index (Phi) is 10.4. The zero-order chi connectivity index (χ0) is 24.5. The van der Waals surface area contributed by atoms with Gasteiger partial charge in [-0.1, -0.05) is 46.0 Å². The van der Waals surface area contributed by atoms with Gasteiger partial charge in [-0.05, 0) is 49.3 Å². The lowest BCUT2D eigenvalue weighted by Crippen LogP contribution is -2.54. The van der Waals surface area contributed by atoms with E-state index in [1.807, 2.05) is 13.8 Å². The Balaban J connectivity index is 2.08. The summed E-state index contributed by atoms with van der Waals surface area (Å²) in [5.74, 6) is -2.62. The normalized spacial score (nSPS) is 17.3. The van der Waals surface area contributed by atoms with Crippen LogP contribution in [0.5, 0.6) is 0 Å². The standard InChI is InChI=1S/C25H36F2N2O4/c1-15(2)9-22(28-23(31)13-18-10-19(26)14-20(27)11-18)25(33)29-21(24(32)16(3)30)12-17-7-5-4-6-8-17/h10-11,14-15,17,21-22,24,32H,4-9,12-13H2,1-3H3,(H,28,31)(H,29,33)/t21-,22-,24-/m0/s1. The maximum absolute atomic E-state index is 13.4. The van der Waals surface area contributed by atoms with Crippen molar-refractivity contribution in [2.24, 2.45) is 11.8 Å². The summed E-state index contributed by atoms with van der Waals surface area (Å²) in [7, 11) is 0. The molecule has 0 radical (unpaired) electrons. The maximum Gasteiger partial charge on any atom is 0.242 e. The van der Waals surface area contributed by atoms with E-state index in [0.717, 1.165) is 43.9 Å². The number of aliphatic hydroxyl groups is 1. The van der Waals surface area contributed by atoms with Gasteiger partial charge in [0.15, 0.2) is 5.78 Å². The van der Waals surface area contributed by atoms with Gasteiger partial charge in [0, 0.05) is 6.07 Å². The fourth-order valence-corrected chi connectivity index (χ4v) is 4.46. The molecule has 0 heterocycles. The summed E-state index contributed by atoms with van der Waals surface area (Å²) in [6.45, 7) is 5.09. The van der Waals surface area contributed by atoms with Gasteiger partial charge in [-0.2, -0.15) is 0 Å². The predicted octanol–water partition coefficient (Wildman–Crippen LogP) is 3.44. The number of Topliss-reactive ketones (excluding diaryl/α,β-unsaturated/α-hetero) is 1. The second kappa shape index (κ2) is 12.8. The van der Waals surface area contributed by atoms with Gasteiger partial charge in [0.1, 0.15) is 23.8 Å². The Labute approximate surface area is 194 Å². The highest BCUT2D eigenvalue weighted by Crippen LogP contribution is 2.28. The van der Waals surface area contributed by atoms with Crippen molar-refractivity contribution in [3.63, 3.8) is 0 Å². The number of amides is 2. The first-order valence-corrected chi connectivity index (χ1v) is 11.8. The molecule has 0 spiro atoms. The number of benzene rings is 1. The van der Waals surface area contributed by atoms with E-state index in [4.69, 9.17) is 0 Å². The van der Waals surface area contributed by atoms with E-state index in [1.165, 1.54) is 13.3 Å². The number of nitrogens with one attached hydrogen (secondary N) is 2. The Morgan fingerprint density at radius 3 is 2.18 bits per heavy atom. The van der Waals surface area contributed by atoms with Gasteiger partial charge in [-0.25, -0.2) is 8.78 Å². The molecule has 0 saturated heterocycles. The number of carbonyl (C=O) groups is 3. The molecule has 1 aliphatic rings. The minimum absolute atomic E-state index is 0.0715. The molecule has 1 aromatic rings. The maximum atomic E-state index is 13.4. The summed E-state index contributed by atoms with van der Waals surface area (Å²) in [6, 6.07) is 1.24. The second-order valence-electron chi connectivity index (χ2n) is 9.61. The molecule has 0 aliphatic heterocycles. The van der Waals surface area contributed by atoms with Gasteiger partial charge in [0.05, 0.1) is 12.5 Å². The molecule has 0 unspecified atom stereocenters. The quantitative estimate of drug-likeness (QED) is 0.466. The molecular weight excluding hydrogens is 430 g/mol. The molecule has 1 aliphatic carbocycles. The first-order chi connectivity index (χ1) is 15.5. The number of halogens is 2. The van der Waals surface area contributed by atoms with Gasteiger partial charge in [-0.15, -0.1) is 0 Å². The molecule has 33 heavy (non-hydrogen) atoms.